The summed E-state index contributed by atoms with van der Waals surface area (Å²) in [6, 6.07) is 7.63. The van der Waals surface area contributed by atoms with Crippen LogP contribution in [-0.2, 0) is 4.79 Å². The molecule has 0 radical (unpaired) electrons. The van der Waals surface area contributed by atoms with Crippen LogP contribution in [0.1, 0.15) is 38.2 Å². The van der Waals surface area contributed by atoms with Crippen molar-refractivity contribution in [1.82, 2.24) is 14.9 Å². The molecule has 0 spiro atoms. The van der Waals surface area contributed by atoms with Gasteiger partial charge in [-0.1, -0.05) is 30.5 Å². The molecular weight excluding hydrogens is 388 g/mol. The SMILES string of the molecule is Cc1ccc(Cl)c(Oc2cc(N3CCN(C(=O)C4CCCC4)[C@H](C)C3)ncn2)c1. The van der Waals surface area contributed by atoms with Crippen LogP contribution in [0.2, 0.25) is 5.02 Å². The van der Waals surface area contributed by atoms with E-state index in [1.165, 1.54) is 19.2 Å². The predicted molar refractivity (Wildman–Crippen MR) is 114 cm³/mol. The molecule has 1 aliphatic heterocycles. The topological polar surface area (TPSA) is 58.6 Å². The summed E-state index contributed by atoms with van der Waals surface area (Å²) < 4.78 is 5.90. The molecule has 2 aromatic rings. The van der Waals surface area contributed by atoms with E-state index in [-0.39, 0.29) is 12.0 Å². The highest BCUT2D eigenvalue weighted by Gasteiger charge is 2.33. The van der Waals surface area contributed by atoms with E-state index in [0.29, 0.717) is 22.6 Å². The van der Waals surface area contributed by atoms with E-state index < -0.39 is 0 Å². The molecule has 1 atom stereocenters. The Kier molecular flexibility index (Phi) is 5.90. The average Bonchev–Trinajstić information content (AvgIpc) is 3.25. The van der Waals surface area contributed by atoms with Crippen molar-refractivity contribution in [1.29, 1.82) is 0 Å². The van der Waals surface area contributed by atoms with Crippen molar-refractivity contribution in [2.45, 2.75) is 45.6 Å². The number of rotatable bonds is 4. The van der Waals surface area contributed by atoms with Crippen molar-refractivity contribution >= 4 is 23.3 Å². The molecule has 2 fully saturated rings. The number of amides is 1. The smallest absolute Gasteiger partial charge is 0.226 e. The number of anilines is 1. The number of piperazine rings is 1. The minimum absolute atomic E-state index is 0.155. The first-order valence-corrected chi connectivity index (χ1v) is 10.7. The van der Waals surface area contributed by atoms with E-state index in [0.717, 1.165) is 43.9 Å². The maximum absolute atomic E-state index is 12.8. The minimum atomic E-state index is 0.155. The lowest BCUT2D eigenvalue weighted by Gasteiger charge is -2.41. The Morgan fingerprint density at radius 3 is 2.72 bits per heavy atom. The van der Waals surface area contributed by atoms with Crippen LogP contribution >= 0.6 is 11.6 Å². The molecule has 1 saturated heterocycles. The molecular formula is C22H27ClN4O2. The van der Waals surface area contributed by atoms with Crippen LogP contribution in [-0.4, -0.2) is 46.5 Å². The number of carbonyl (C=O) groups is 1. The van der Waals surface area contributed by atoms with Gasteiger partial charge < -0.3 is 14.5 Å². The molecule has 0 unspecified atom stereocenters. The Morgan fingerprint density at radius 1 is 1.17 bits per heavy atom. The van der Waals surface area contributed by atoms with Crippen molar-refractivity contribution in [3.63, 3.8) is 0 Å². The summed E-state index contributed by atoms with van der Waals surface area (Å²) in [5.74, 6) is 2.40. The van der Waals surface area contributed by atoms with Crippen molar-refractivity contribution in [2.75, 3.05) is 24.5 Å². The molecule has 4 rings (SSSR count). The van der Waals surface area contributed by atoms with Crippen molar-refractivity contribution < 1.29 is 9.53 Å². The number of benzene rings is 1. The summed E-state index contributed by atoms with van der Waals surface area (Å²) in [6.45, 7) is 6.33. The second-order valence-electron chi connectivity index (χ2n) is 8.06. The number of aryl methyl sites for hydroxylation is 1. The maximum atomic E-state index is 12.8. The summed E-state index contributed by atoms with van der Waals surface area (Å²) >= 11 is 6.24. The fourth-order valence-electron chi connectivity index (χ4n) is 4.26. The second kappa shape index (κ2) is 8.57. The molecule has 1 aliphatic carbocycles. The number of aromatic nitrogens is 2. The monoisotopic (exact) mass is 414 g/mol. The lowest BCUT2D eigenvalue weighted by Crippen LogP contribution is -2.55. The van der Waals surface area contributed by atoms with Crippen LogP contribution in [0.15, 0.2) is 30.6 Å². The number of nitrogens with zero attached hydrogens (tertiary/aromatic N) is 4. The van der Waals surface area contributed by atoms with Crippen molar-refractivity contribution in [3.05, 3.63) is 41.2 Å². The molecule has 154 valence electrons. The Morgan fingerprint density at radius 2 is 1.97 bits per heavy atom. The molecule has 0 bridgehead atoms. The molecule has 2 aliphatic rings. The van der Waals surface area contributed by atoms with Crippen LogP contribution in [0.3, 0.4) is 0 Å². The number of halogens is 1. The lowest BCUT2D eigenvalue weighted by atomic mass is 10.0. The molecule has 1 aromatic heterocycles. The van der Waals surface area contributed by atoms with Crippen LogP contribution in [0.25, 0.3) is 0 Å². The van der Waals surface area contributed by atoms with Crippen molar-refractivity contribution in [3.8, 4) is 11.6 Å². The third-order valence-corrected chi connectivity index (χ3v) is 6.18. The van der Waals surface area contributed by atoms with Gasteiger partial charge in [0.1, 0.15) is 17.9 Å². The highest BCUT2D eigenvalue weighted by Crippen LogP contribution is 2.31. The fraction of sp³-hybridized carbons (Fsp3) is 0.500. The molecule has 6 nitrogen and oxygen atoms in total. The molecule has 1 saturated carbocycles. The van der Waals surface area contributed by atoms with Crippen LogP contribution < -0.4 is 9.64 Å². The van der Waals surface area contributed by atoms with Gasteiger partial charge in [0.2, 0.25) is 11.8 Å². The zero-order chi connectivity index (χ0) is 20.4. The normalized spacial score (nSPS) is 20.2. The summed E-state index contributed by atoms with van der Waals surface area (Å²) in [5.41, 5.74) is 1.07. The Hall–Kier alpha value is -2.34. The fourth-order valence-corrected chi connectivity index (χ4v) is 4.42. The van der Waals surface area contributed by atoms with Gasteiger partial charge >= 0.3 is 0 Å². The number of ether oxygens (including phenoxy) is 1. The molecule has 2 heterocycles. The lowest BCUT2D eigenvalue weighted by molar-refractivity contribution is -0.137. The largest absolute Gasteiger partial charge is 0.437 e. The van der Waals surface area contributed by atoms with Gasteiger partial charge in [-0.25, -0.2) is 9.97 Å². The van der Waals surface area contributed by atoms with Gasteiger partial charge in [0.05, 0.1) is 5.02 Å². The standard InChI is InChI=1S/C22H27ClN4O2/c1-15-7-8-18(23)19(11-15)29-21-12-20(24-14-25-21)26-9-10-27(16(2)13-26)22(28)17-5-3-4-6-17/h7-8,11-12,14,16-17H,3-6,9-10,13H2,1-2H3/t16-/m1/s1. The summed E-state index contributed by atoms with van der Waals surface area (Å²) in [5, 5.41) is 0.545. The van der Waals surface area contributed by atoms with Gasteiger partial charge in [-0.2, -0.15) is 0 Å². The first kappa shape index (κ1) is 20.0. The van der Waals surface area contributed by atoms with E-state index in [2.05, 4.69) is 26.7 Å². The third-order valence-electron chi connectivity index (χ3n) is 5.87. The first-order chi connectivity index (χ1) is 14.0. The third kappa shape index (κ3) is 4.47. The van der Waals surface area contributed by atoms with E-state index in [9.17, 15) is 4.79 Å². The molecule has 1 amide bonds. The van der Waals surface area contributed by atoms with Gasteiger partial charge in [-0.05, 0) is 44.4 Å². The maximum Gasteiger partial charge on any atom is 0.226 e. The second-order valence-corrected chi connectivity index (χ2v) is 8.47. The molecule has 7 heteroatoms. The van der Waals surface area contributed by atoms with Gasteiger partial charge in [-0.15, -0.1) is 0 Å². The number of hydrogen-bond acceptors (Lipinski definition) is 5. The Labute approximate surface area is 176 Å². The molecule has 29 heavy (non-hydrogen) atoms. The molecule has 0 N–H and O–H groups in total. The quantitative estimate of drug-likeness (QED) is 0.739. The van der Waals surface area contributed by atoms with Crippen LogP contribution in [0, 0.1) is 12.8 Å². The summed E-state index contributed by atoms with van der Waals surface area (Å²) in [6.07, 6.45) is 5.95. The van der Waals surface area contributed by atoms with E-state index in [4.69, 9.17) is 16.3 Å². The average molecular weight is 415 g/mol. The highest BCUT2D eigenvalue weighted by molar-refractivity contribution is 6.32. The zero-order valence-electron chi connectivity index (χ0n) is 17.0. The van der Waals surface area contributed by atoms with Crippen molar-refractivity contribution in [2.24, 2.45) is 5.92 Å². The van der Waals surface area contributed by atoms with Gasteiger partial charge in [0.15, 0.2) is 0 Å². The highest BCUT2D eigenvalue weighted by atomic mass is 35.5. The van der Waals surface area contributed by atoms with Gasteiger partial charge in [0, 0.05) is 37.7 Å². The van der Waals surface area contributed by atoms with E-state index in [1.807, 2.05) is 31.2 Å². The minimum Gasteiger partial charge on any atom is -0.437 e. The first-order valence-electron chi connectivity index (χ1n) is 10.3. The number of carbonyl (C=O) groups excluding carboxylic acids is 1. The zero-order valence-corrected chi connectivity index (χ0v) is 17.7. The van der Waals surface area contributed by atoms with E-state index >= 15 is 0 Å². The number of hydrogen-bond donors (Lipinski definition) is 0. The Balaban J connectivity index is 1.44. The van der Waals surface area contributed by atoms with Gasteiger partial charge in [-0.3, -0.25) is 4.79 Å². The summed E-state index contributed by atoms with van der Waals surface area (Å²) in [7, 11) is 0. The Bertz CT molecular complexity index is 885. The summed E-state index contributed by atoms with van der Waals surface area (Å²) in [4.78, 5) is 25.7. The van der Waals surface area contributed by atoms with E-state index in [1.54, 1.807) is 0 Å². The van der Waals surface area contributed by atoms with Gasteiger partial charge in [0.25, 0.3) is 0 Å². The predicted octanol–water partition coefficient (Wildman–Crippen LogP) is 4.46. The molecule has 1 aromatic carbocycles. The van der Waals surface area contributed by atoms with Crippen LogP contribution in [0.5, 0.6) is 11.6 Å². The van der Waals surface area contributed by atoms with Crippen LogP contribution in [0.4, 0.5) is 5.82 Å².